The number of benzene rings is 3. The molecule has 2 saturated heterocycles. The van der Waals surface area contributed by atoms with E-state index in [-0.39, 0.29) is 48.3 Å². The van der Waals surface area contributed by atoms with Gasteiger partial charge < -0.3 is 20.1 Å². The van der Waals surface area contributed by atoms with E-state index in [9.17, 15) is 29.1 Å². The molecular formula is C53H54N10O7S. The van der Waals surface area contributed by atoms with Gasteiger partial charge in [0.25, 0.3) is 5.91 Å². The minimum atomic E-state index is -1.14. The number of fused-ring (bicyclic) bond motifs is 3. The fourth-order valence-corrected chi connectivity index (χ4v) is 11.2. The van der Waals surface area contributed by atoms with Crippen LogP contribution >= 0.6 is 11.3 Å². The smallest absolute Gasteiger partial charge is 0.355 e. The van der Waals surface area contributed by atoms with Gasteiger partial charge >= 0.3 is 5.97 Å². The van der Waals surface area contributed by atoms with E-state index in [1.165, 1.54) is 11.3 Å². The van der Waals surface area contributed by atoms with E-state index in [0.29, 0.717) is 77.8 Å². The summed E-state index contributed by atoms with van der Waals surface area (Å²) < 4.78 is 8.88. The summed E-state index contributed by atoms with van der Waals surface area (Å²) in [5, 5.41) is 24.7. The van der Waals surface area contributed by atoms with Gasteiger partial charge in [0.1, 0.15) is 17.3 Å². The first-order chi connectivity index (χ1) is 34.3. The van der Waals surface area contributed by atoms with Crippen molar-refractivity contribution in [1.29, 1.82) is 0 Å². The first-order valence-electron chi connectivity index (χ1n) is 24.1. The van der Waals surface area contributed by atoms with Gasteiger partial charge in [0.15, 0.2) is 10.8 Å². The Kier molecular flexibility index (Phi) is 13.3. The number of rotatable bonds is 14. The van der Waals surface area contributed by atoms with Gasteiger partial charge in [0.05, 0.1) is 40.5 Å². The summed E-state index contributed by atoms with van der Waals surface area (Å²) in [5.41, 5.74) is 7.04. The summed E-state index contributed by atoms with van der Waals surface area (Å²) >= 11 is 1.40. The monoisotopic (exact) mass is 974 g/mol. The predicted octanol–water partition coefficient (Wildman–Crippen LogP) is 7.88. The molecule has 71 heavy (non-hydrogen) atoms. The highest BCUT2D eigenvalue weighted by Crippen LogP contribution is 2.35. The van der Waals surface area contributed by atoms with Crippen molar-refractivity contribution in [2.24, 2.45) is 13.0 Å². The van der Waals surface area contributed by atoms with E-state index in [1.807, 2.05) is 84.6 Å². The van der Waals surface area contributed by atoms with Crippen LogP contribution in [0.15, 0.2) is 85.1 Å². The van der Waals surface area contributed by atoms with E-state index in [0.717, 1.165) is 75.6 Å². The number of hydrogen-bond donors (Lipinski definition) is 4. The van der Waals surface area contributed by atoms with Gasteiger partial charge in [0, 0.05) is 61.0 Å². The van der Waals surface area contributed by atoms with Crippen LogP contribution in [-0.4, -0.2) is 96.6 Å². The van der Waals surface area contributed by atoms with E-state index >= 15 is 0 Å². The van der Waals surface area contributed by atoms with E-state index in [4.69, 9.17) is 4.74 Å². The maximum absolute atomic E-state index is 13.5. The molecule has 10 rings (SSSR count). The molecule has 7 aromatic rings. The number of anilines is 3. The second-order valence-corrected chi connectivity index (χ2v) is 19.8. The van der Waals surface area contributed by atoms with Crippen molar-refractivity contribution in [2.45, 2.75) is 77.3 Å². The normalized spacial score (nSPS) is 18.3. The standard InChI is InChI=1S/C53H54N10O7S/c1-30-25-35(70-24-6-7-32-19-22-62(31(2)26-32)29-46(65)55-34-10-12-38-42(27-34)61(3)60-47(38)39-15-17-45(64)58-50(39)66)11-13-36(30)37-14-16-44(57-49(37)52(68)69)63-23-20-33-18-21-54-48(40(33)28-63)51(67)59-53-56-41-8-4-5-9-43(41)71-53/h4-5,8-14,16,18,21,25,27,31-32,39H,6-7,15,17,19-20,22-24,26,28-29H2,1-3H3,(H,55,65)(H,68,69)(H,56,59,67)(H,58,64,66)/t31-,32-,39?/m0/s1. The van der Waals surface area contributed by atoms with Gasteiger partial charge in [-0.2, -0.15) is 5.10 Å². The van der Waals surface area contributed by atoms with Crippen molar-refractivity contribution in [1.82, 2.24) is 34.9 Å². The van der Waals surface area contributed by atoms with Gasteiger partial charge in [-0.3, -0.25) is 44.4 Å². The molecule has 3 aliphatic heterocycles. The quantitative estimate of drug-likeness (QED) is 0.0604. The number of aromatic nitrogens is 5. The zero-order chi connectivity index (χ0) is 49.3. The number of imide groups is 1. The van der Waals surface area contributed by atoms with E-state index in [1.54, 1.807) is 24.0 Å². The van der Waals surface area contributed by atoms with Gasteiger partial charge in [-0.25, -0.2) is 14.8 Å². The number of hydrogen-bond acceptors (Lipinski definition) is 13. The van der Waals surface area contributed by atoms with Gasteiger partial charge in [-0.05, 0) is 142 Å². The third kappa shape index (κ3) is 10.1. The number of pyridine rings is 2. The van der Waals surface area contributed by atoms with Crippen LogP contribution in [0, 0.1) is 12.8 Å². The summed E-state index contributed by atoms with van der Waals surface area (Å²) in [6.07, 6.45) is 6.82. The Morgan fingerprint density at radius 1 is 0.930 bits per heavy atom. The van der Waals surface area contributed by atoms with E-state index < -0.39 is 11.9 Å². The predicted molar refractivity (Wildman–Crippen MR) is 271 cm³/mol. The highest BCUT2D eigenvalue weighted by atomic mass is 32.1. The Morgan fingerprint density at radius 3 is 2.58 bits per heavy atom. The minimum Gasteiger partial charge on any atom is -0.494 e. The summed E-state index contributed by atoms with van der Waals surface area (Å²) in [6.45, 7) is 6.69. The molecule has 17 nitrogen and oxygen atoms in total. The van der Waals surface area contributed by atoms with Crippen molar-refractivity contribution in [3.63, 3.8) is 0 Å². The lowest BCUT2D eigenvalue weighted by atomic mass is 9.88. The lowest BCUT2D eigenvalue weighted by Crippen LogP contribution is -2.44. The van der Waals surface area contributed by atoms with E-state index in [2.05, 4.69) is 47.8 Å². The second-order valence-electron chi connectivity index (χ2n) is 18.8. The van der Waals surface area contributed by atoms with Crippen molar-refractivity contribution in [2.75, 3.05) is 41.8 Å². The lowest BCUT2D eigenvalue weighted by Gasteiger charge is -2.37. The van der Waals surface area contributed by atoms with Crippen molar-refractivity contribution < 1.29 is 33.8 Å². The number of thiazole rings is 1. The molecule has 2 fully saturated rings. The number of nitrogens with one attached hydrogen (secondary N) is 3. The highest BCUT2D eigenvalue weighted by molar-refractivity contribution is 7.22. The molecule has 0 radical (unpaired) electrons. The van der Waals surface area contributed by atoms with Crippen LogP contribution in [0.25, 0.3) is 32.2 Å². The molecule has 7 heterocycles. The van der Waals surface area contributed by atoms with Crippen LogP contribution in [0.2, 0.25) is 0 Å². The first-order valence-corrected chi connectivity index (χ1v) is 24.9. The topological polar surface area (TPSA) is 214 Å². The number of carbonyl (C=O) groups is 5. The Morgan fingerprint density at radius 2 is 1.77 bits per heavy atom. The van der Waals surface area contributed by atoms with Crippen LogP contribution in [0.3, 0.4) is 0 Å². The molecule has 364 valence electrons. The molecule has 0 aliphatic carbocycles. The average Bonchev–Trinajstić information content (AvgIpc) is 3.92. The lowest BCUT2D eigenvalue weighted by molar-refractivity contribution is -0.134. The zero-order valence-electron chi connectivity index (χ0n) is 39.7. The number of carboxylic acids is 1. The number of aromatic carboxylic acids is 1. The molecular weight excluding hydrogens is 921 g/mol. The van der Waals surface area contributed by atoms with Gasteiger partial charge in [-0.15, -0.1) is 0 Å². The Hall–Kier alpha value is -7.57. The number of carbonyl (C=O) groups excluding carboxylic acids is 4. The fourth-order valence-electron chi connectivity index (χ4n) is 10.3. The molecule has 3 aliphatic rings. The maximum Gasteiger partial charge on any atom is 0.355 e. The number of ether oxygens (including phenoxy) is 1. The van der Waals surface area contributed by atoms with Crippen LogP contribution < -0.4 is 25.6 Å². The SMILES string of the molecule is Cc1cc(OCCC[C@H]2CCN(CC(=O)Nc3ccc4c(C5CCC(=O)NC5=O)nn(C)c4c3)[C@@H](C)C2)ccc1-c1ccc(N2CCc3ccnc(C(=O)Nc4nc5ccccc5s4)c3C2)nc1C(=O)O. The average molecular weight is 975 g/mol. The molecule has 3 atom stereocenters. The molecule has 4 N–H and O–H groups in total. The van der Waals surface area contributed by atoms with Gasteiger partial charge in [0.2, 0.25) is 17.7 Å². The highest BCUT2D eigenvalue weighted by Gasteiger charge is 2.32. The largest absolute Gasteiger partial charge is 0.494 e. The van der Waals surface area contributed by atoms with Crippen molar-refractivity contribution >= 4 is 78.7 Å². The van der Waals surface area contributed by atoms with Crippen molar-refractivity contribution in [3.05, 3.63) is 119 Å². The molecule has 18 heteroatoms. The molecule has 4 amide bonds. The molecule has 0 bridgehead atoms. The summed E-state index contributed by atoms with van der Waals surface area (Å²) in [4.78, 5) is 81.6. The third-order valence-electron chi connectivity index (χ3n) is 14.0. The molecule has 4 aromatic heterocycles. The number of amides is 4. The summed E-state index contributed by atoms with van der Waals surface area (Å²) in [6, 6.07) is 24.8. The van der Waals surface area contributed by atoms with Gasteiger partial charge in [-0.1, -0.05) is 29.5 Å². The molecule has 1 unspecified atom stereocenters. The number of piperidine rings is 2. The number of likely N-dealkylation sites (tertiary alicyclic amines) is 1. The second kappa shape index (κ2) is 20.0. The van der Waals surface area contributed by atoms with Crippen LogP contribution in [0.4, 0.5) is 16.6 Å². The molecule has 0 saturated carbocycles. The fraction of sp³-hybridized carbons (Fsp3) is 0.340. The maximum atomic E-state index is 13.5. The van der Waals surface area contributed by atoms with Crippen LogP contribution in [-0.2, 0) is 34.4 Å². The van der Waals surface area contributed by atoms with Crippen LogP contribution in [0.1, 0.15) is 94.7 Å². The summed E-state index contributed by atoms with van der Waals surface area (Å²) in [7, 11) is 1.81. The van der Waals surface area contributed by atoms with Crippen LogP contribution in [0.5, 0.6) is 5.75 Å². The molecule has 0 spiro atoms. The Bertz CT molecular complexity index is 3210. The number of carboxylic acid groups (broad SMARTS) is 1. The first kappa shape index (κ1) is 47.1. The summed E-state index contributed by atoms with van der Waals surface area (Å²) in [5.74, 6) is -0.940. The Labute approximate surface area is 413 Å². The zero-order valence-corrected chi connectivity index (χ0v) is 40.6. The third-order valence-corrected chi connectivity index (χ3v) is 15.0. The number of nitrogens with zero attached hydrogens (tertiary/aromatic N) is 7. The number of para-hydroxylation sites is 1. The van der Waals surface area contributed by atoms with Crippen molar-refractivity contribution in [3.8, 4) is 16.9 Å². The minimum absolute atomic E-state index is 0.0583. The Balaban J connectivity index is 0.701. The number of aryl methyl sites for hydroxylation is 2. The molecule has 3 aromatic carbocycles.